The summed E-state index contributed by atoms with van der Waals surface area (Å²) in [6.45, 7) is 2.64. The predicted octanol–water partition coefficient (Wildman–Crippen LogP) is 3.80. The van der Waals surface area contributed by atoms with Gasteiger partial charge in [0.2, 0.25) is 0 Å². The third-order valence-corrected chi connectivity index (χ3v) is 5.43. The summed E-state index contributed by atoms with van der Waals surface area (Å²) in [4.78, 5) is 23.4. The lowest BCUT2D eigenvalue weighted by molar-refractivity contribution is 1.03. The van der Waals surface area contributed by atoms with Gasteiger partial charge in [-0.05, 0) is 31.2 Å². The van der Waals surface area contributed by atoms with Crippen LogP contribution in [0.15, 0.2) is 52.8 Å². The maximum absolute atomic E-state index is 12.1. The maximum atomic E-state index is 12.1. The van der Waals surface area contributed by atoms with Crippen molar-refractivity contribution in [3.05, 3.63) is 68.2 Å². The topological polar surface area (TPSA) is 59.3 Å². The molecule has 4 aromatic heterocycles. The van der Waals surface area contributed by atoms with E-state index in [9.17, 15) is 4.79 Å². The molecule has 0 amide bonds. The van der Waals surface area contributed by atoms with Crippen molar-refractivity contribution in [2.24, 2.45) is 0 Å². The summed E-state index contributed by atoms with van der Waals surface area (Å²) in [5.41, 5.74) is 1.57. The molecule has 4 rings (SSSR count). The third-order valence-electron chi connectivity index (χ3n) is 3.55. The quantitative estimate of drug-likeness (QED) is 0.606. The fourth-order valence-electron chi connectivity index (χ4n) is 2.41. The average molecular weight is 354 g/mol. The van der Waals surface area contributed by atoms with Crippen LogP contribution in [-0.2, 0) is 6.54 Å². The van der Waals surface area contributed by atoms with E-state index in [2.05, 4.69) is 32.8 Å². The van der Waals surface area contributed by atoms with Gasteiger partial charge >= 0.3 is 0 Å². The van der Waals surface area contributed by atoms with Crippen LogP contribution in [0.5, 0.6) is 0 Å². The van der Waals surface area contributed by atoms with Gasteiger partial charge in [-0.2, -0.15) is 0 Å². The van der Waals surface area contributed by atoms with Gasteiger partial charge in [0.15, 0.2) is 0 Å². The molecule has 0 atom stereocenters. The van der Waals surface area contributed by atoms with Crippen LogP contribution < -0.4 is 10.9 Å². The molecule has 0 aliphatic rings. The number of thiazole rings is 1. The minimum absolute atomic E-state index is 0.0899. The number of aromatic nitrogens is 3. The fourth-order valence-corrected chi connectivity index (χ4v) is 4.00. The molecule has 0 aliphatic carbocycles. The summed E-state index contributed by atoms with van der Waals surface area (Å²) in [6.07, 6.45) is 1.72. The predicted molar refractivity (Wildman–Crippen MR) is 99.0 cm³/mol. The molecule has 0 aliphatic heterocycles. The highest BCUT2D eigenvalue weighted by molar-refractivity contribution is 7.16. The Hall–Kier alpha value is -2.51. The molecular weight excluding hydrogens is 340 g/mol. The first-order valence-corrected chi connectivity index (χ1v) is 9.12. The van der Waals surface area contributed by atoms with E-state index < -0.39 is 0 Å². The van der Waals surface area contributed by atoms with E-state index >= 15 is 0 Å². The van der Waals surface area contributed by atoms with Gasteiger partial charge in [-0.3, -0.25) is 9.20 Å². The van der Waals surface area contributed by atoms with Crippen molar-refractivity contribution in [2.75, 3.05) is 5.32 Å². The maximum Gasteiger partial charge on any atom is 0.259 e. The van der Waals surface area contributed by atoms with Crippen LogP contribution in [0.25, 0.3) is 16.2 Å². The standard InChI is InChI=1S/C17H14N4OS2/c1-11-19-13(10-23-11)14-6-5-12(24-14)9-18-15-8-17(22)21-7-3-2-4-16(21)20-15/h2-8,10,18H,9H2,1H3. The van der Waals surface area contributed by atoms with E-state index in [1.165, 1.54) is 15.3 Å². The Bertz CT molecular complexity index is 1060. The normalized spacial score (nSPS) is 11.0. The van der Waals surface area contributed by atoms with Gasteiger partial charge in [-0.1, -0.05) is 6.07 Å². The largest absolute Gasteiger partial charge is 0.365 e. The van der Waals surface area contributed by atoms with Crippen LogP contribution in [-0.4, -0.2) is 14.4 Å². The molecule has 0 fully saturated rings. The van der Waals surface area contributed by atoms with Crippen molar-refractivity contribution >= 4 is 34.1 Å². The first-order valence-electron chi connectivity index (χ1n) is 7.42. The first kappa shape index (κ1) is 15.0. The summed E-state index contributed by atoms with van der Waals surface area (Å²) in [5.74, 6) is 0.589. The first-order chi connectivity index (χ1) is 11.7. The molecule has 4 aromatic rings. The Kier molecular flexibility index (Phi) is 3.87. The molecule has 0 aromatic carbocycles. The zero-order valence-corrected chi connectivity index (χ0v) is 14.5. The van der Waals surface area contributed by atoms with Gasteiger partial charge in [0.1, 0.15) is 11.5 Å². The number of thiophene rings is 1. The second-order valence-corrected chi connectivity index (χ2v) is 7.51. The highest BCUT2D eigenvalue weighted by Crippen LogP contribution is 2.29. The number of pyridine rings is 1. The third kappa shape index (κ3) is 2.95. The van der Waals surface area contributed by atoms with E-state index in [-0.39, 0.29) is 5.56 Å². The number of anilines is 1. The number of hydrogen-bond acceptors (Lipinski definition) is 6. The molecule has 5 nitrogen and oxygen atoms in total. The monoisotopic (exact) mass is 354 g/mol. The Morgan fingerprint density at radius 3 is 2.96 bits per heavy atom. The van der Waals surface area contributed by atoms with Crippen LogP contribution in [0.1, 0.15) is 9.88 Å². The zero-order chi connectivity index (χ0) is 16.5. The number of hydrogen-bond donors (Lipinski definition) is 1. The molecule has 120 valence electrons. The van der Waals surface area contributed by atoms with Crippen LogP contribution in [0.3, 0.4) is 0 Å². The molecule has 1 N–H and O–H groups in total. The van der Waals surface area contributed by atoms with Gasteiger partial charge in [-0.25, -0.2) is 9.97 Å². The highest BCUT2D eigenvalue weighted by atomic mass is 32.1. The molecular formula is C17H14N4OS2. The average Bonchev–Trinajstić information content (AvgIpc) is 3.22. The Balaban J connectivity index is 1.53. The van der Waals surface area contributed by atoms with Crippen molar-refractivity contribution in [1.82, 2.24) is 14.4 Å². The molecule has 0 radical (unpaired) electrons. The number of aryl methyl sites for hydroxylation is 1. The van der Waals surface area contributed by atoms with E-state index in [1.807, 2.05) is 25.1 Å². The lowest BCUT2D eigenvalue weighted by atomic mass is 10.3. The van der Waals surface area contributed by atoms with Crippen molar-refractivity contribution < 1.29 is 0 Å². The van der Waals surface area contributed by atoms with Gasteiger partial charge in [-0.15, -0.1) is 22.7 Å². The molecule has 0 saturated heterocycles. The van der Waals surface area contributed by atoms with Gasteiger partial charge in [0.25, 0.3) is 5.56 Å². The van der Waals surface area contributed by atoms with Crippen LogP contribution in [0.4, 0.5) is 5.82 Å². The van der Waals surface area contributed by atoms with Gasteiger partial charge < -0.3 is 5.32 Å². The van der Waals surface area contributed by atoms with Crippen LogP contribution >= 0.6 is 22.7 Å². The zero-order valence-electron chi connectivity index (χ0n) is 12.9. The fraction of sp³-hybridized carbons (Fsp3) is 0.118. The minimum Gasteiger partial charge on any atom is -0.365 e. The second-order valence-electron chi connectivity index (χ2n) is 5.28. The smallest absolute Gasteiger partial charge is 0.259 e. The second kappa shape index (κ2) is 6.18. The summed E-state index contributed by atoms with van der Waals surface area (Å²) in [5, 5.41) is 6.37. The molecule has 24 heavy (non-hydrogen) atoms. The summed E-state index contributed by atoms with van der Waals surface area (Å²) in [6, 6.07) is 11.2. The van der Waals surface area contributed by atoms with Crippen molar-refractivity contribution in [2.45, 2.75) is 13.5 Å². The summed E-state index contributed by atoms with van der Waals surface area (Å²) < 4.78 is 1.53. The number of nitrogens with one attached hydrogen (secondary N) is 1. The van der Waals surface area contributed by atoms with Gasteiger partial charge in [0.05, 0.1) is 22.1 Å². The number of fused-ring (bicyclic) bond motifs is 1. The SMILES string of the molecule is Cc1nc(-c2ccc(CNc3cc(=O)n4ccccc4n3)s2)cs1. The summed E-state index contributed by atoms with van der Waals surface area (Å²) in [7, 11) is 0. The minimum atomic E-state index is -0.0899. The Labute approximate surface area is 146 Å². The Morgan fingerprint density at radius 2 is 2.12 bits per heavy atom. The molecule has 4 heterocycles. The van der Waals surface area contributed by atoms with Crippen LogP contribution in [0.2, 0.25) is 0 Å². The van der Waals surface area contributed by atoms with Crippen molar-refractivity contribution in [1.29, 1.82) is 0 Å². The van der Waals surface area contributed by atoms with Crippen molar-refractivity contribution in [3.63, 3.8) is 0 Å². The van der Waals surface area contributed by atoms with E-state index in [0.717, 1.165) is 15.6 Å². The van der Waals surface area contributed by atoms with Crippen molar-refractivity contribution in [3.8, 4) is 10.6 Å². The molecule has 0 spiro atoms. The highest BCUT2D eigenvalue weighted by Gasteiger charge is 2.07. The summed E-state index contributed by atoms with van der Waals surface area (Å²) >= 11 is 3.35. The Morgan fingerprint density at radius 1 is 1.21 bits per heavy atom. The molecule has 0 bridgehead atoms. The lowest BCUT2D eigenvalue weighted by Crippen LogP contribution is -2.15. The van der Waals surface area contributed by atoms with Crippen LogP contribution in [0, 0.1) is 6.92 Å². The van der Waals surface area contributed by atoms with E-state index in [0.29, 0.717) is 18.0 Å². The lowest BCUT2D eigenvalue weighted by Gasteiger charge is -2.05. The molecule has 7 heteroatoms. The molecule has 0 unspecified atom stereocenters. The van der Waals surface area contributed by atoms with E-state index in [1.54, 1.807) is 28.9 Å². The number of rotatable bonds is 4. The van der Waals surface area contributed by atoms with Gasteiger partial charge in [0, 0.05) is 22.5 Å². The number of nitrogens with zero attached hydrogens (tertiary/aromatic N) is 3. The molecule has 0 saturated carbocycles. The van der Waals surface area contributed by atoms with E-state index in [4.69, 9.17) is 0 Å².